The van der Waals surface area contributed by atoms with Crippen molar-refractivity contribution in [2.75, 3.05) is 13.2 Å². The van der Waals surface area contributed by atoms with Crippen LogP contribution in [0.4, 0.5) is 4.39 Å². The lowest BCUT2D eigenvalue weighted by Gasteiger charge is -2.30. The fourth-order valence-corrected chi connectivity index (χ4v) is 3.25. The predicted octanol–water partition coefficient (Wildman–Crippen LogP) is 1.48. The summed E-state index contributed by atoms with van der Waals surface area (Å²) >= 11 is 0. The molecule has 0 saturated carbocycles. The van der Waals surface area contributed by atoms with Crippen molar-refractivity contribution in [2.45, 2.75) is 58.7 Å². The largest absolute Gasteiger partial charge is 0.394 e. The lowest BCUT2D eigenvalue weighted by Crippen LogP contribution is -2.54. The number of aliphatic hydroxyl groups is 2. The summed E-state index contributed by atoms with van der Waals surface area (Å²) in [5.41, 5.74) is -0.486. The van der Waals surface area contributed by atoms with Gasteiger partial charge in [0, 0.05) is 24.9 Å². The number of hydrogen-bond donors (Lipinski definition) is 4. The SMILES string of the molecule is CC(C)(C)[C@H](NC(=O)c1nn(CCCCC#N)c2c(F)cccc12)C(=O)NC[C@@H](O)CO. The molecular weight excluding hydrogens is 417 g/mol. The van der Waals surface area contributed by atoms with Crippen LogP contribution in [0.2, 0.25) is 0 Å². The summed E-state index contributed by atoms with van der Waals surface area (Å²) in [6, 6.07) is 5.46. The minimum atomic E-state index is -1.11. The van der Waals surface area contributed by atoms with Gasteiger partial charge in [0.05, 0.1) is 18.8 Å². The van der Waals surface area contributed by atoms with E-state index < -0.39 is 41.8 Å². The fourth-order valence-electron chi connectivity index (χ4n) is 3.25. The highest BCUT2D eigenvalue weighted by Crippen LogP contribution is 2.24. The van der Waals surface area contributed by atoms with Crippen LogP contribution in [0.3, 0.4) is 0 Å². The molecule has 0 radical (unpaired) electrons. The maximum absolute atomic E-state index is 14.5. The Labute approximate surface area is 186 Å². The molecule has 32 heavy (non-hydrogen) atoms. The average Bonchev–Trinajstić information content (AvgIpc) is 3.12. The summed E-state index contributed by atoms with van der Waals surface area (Å²) < 4.78 is 16.0. The van der Waals surface area contributed by atoms with Crippen molar-refractivity contribution >= 4 is 22.7 Å². The zero-order valence-corrected chi connectivity index (χ0v) is 18.6. The van der Waals surface area contributed by atoms with Crippen LogP contribution in [0.15, 0.2) is 18.2 Å². The zero-order chi connectivity index (χ0) is 23.9. The lowest BCUT2D eigenvalue weighted by molar-refractivity contribution is -0.125. The number of benzene rings is 1. The minimum Gasteiger partial charge on any atom is -0.394 e. The molecule has 9 nitrogen and oxygen atoms in total. The Balaban J connectivity index is 2.30. The molecule has 4 N–H and O–H groups in total. The second-order valence-corrected chi connectivity index (χ2v) is 8.68. The number of halogens is 1. The number of amides is 2. The first-order chi connectivity index (χ1) is 15.1. The quantitative estimate of drug-likeness (QED) is 0.407. The van der Waals surface area contributed by atoms with Crippen LogP contribution in [-0.4, -0.2) is 57.1 Å². The van der Waals surface area contributed by atoms with E-state index in [4.69, 9.17) is 10.4 Å². The molecule has 1 aromatic heterocycles. The van der Waals surface area contributed by atoms with Gasteiger partial charge in [0.25, 0.3) is 5.91 Å². The number of aryl methyl sites for hydroxylation is 1. The highest BCUT2D eigenvalue weighted by molar-refractivity contribution is 6.06. The fraction of sp³-hybridized carbons (Fsp3) is 0.545. The van der Waals surface area contributed by atoms with Crippen molar-refractivity contribution in [3.63, 3.8) is 0 Å². The first-order valence-corrected chi connectivity index (χ1v) is 10.5. The number of fused-ring (bicyclic) bond motifs is 1. The molecule has 1 heterocycles. The standard InChI is InChI=1S/C22H30FN5O4/c1-22(2,3)19(21(32)25-12-14(30)13-29)26-20(31)17-15-8-7-9-16(23)18(15)28(27-17)11-6-4-5-10-24/h7-9,14,19,29-30H,4-6,11-13H2,1-3H3,(H,25,32)(H,26,31)/t14-,19-/m1/s1. The topological polar surface area (TPSA) is 140 Å². The van der Waals surface area contributed by atoms with Gasteiger partial charge in [-0.05, 0) is 24.3 Å². The summed E-state index contributed by atoms with van der Waals surface area (Å²) in [6.45, 7) is 4.98. The van der Waals surface area contributed by atoms with Crippen LogP contribution in [0.5, 0.6) is 0 Å². The maximum Gasteiger partial charge on any atom is 0.273 e. The molecule has 0 aliphatic carbocycles. The summed E-state index contributed by atoms with van der Waals surface area (Å²) in [6.07, 6.45) is 0.487. The van der Waals surface area contributed by atoms with Gasteiger partial charge in [0.1, 0.15) is 17.4 Å². The minimum absolute atomic E-state index is 0.00257. The molecule has 0 fully saturated rings. The van der Waals surface area contributed by atoms with Crippen LogP contribution < -0.4 is 10.6 Å². The third kappa shape index (κ3) is 6.24. The van der Waals surface area contributed by atoms with Crippen LogP contribution in [0, 0.1) is 22.6 Å². The highest BCUT2D eigenvalue weighted by Gasteiger charge is 2.34. The van der Waals surface area contributed by atoms with Gasteiger partial charge >= 0.3 is 0 Å². The Kier molecular flexibility index (Phi) is 8.69. The number of carbonyl (C=O) groups is 2. The van der Waals surface area contributed by atoms with Crippen LogP contribution in [-0.2, 0) is 11.3 Å². The van der Waals surface area contributed by atoms with Crippen molar-refractivity contribution in [1.82, 2.24) is 20.4 Å². The number of nitrogens with zero attached hydrogens (tertiary/aromatic N) is 3. The third-order valence-electron chi connectivity index (χ3n) is 4.97. The van der Waals surface area contributed by atoms with Crippen molar-refractivity contribution < 1.29 is 24.2 Å². The van der Waals surface area contributed by atoms with Gasteiger partial charge in [0.2, 0.25) is 5.91 Å². The Bertz CT molecular complexity index is 993. The molecule has 1 aromatic carbocycles. The molecular formula is C22H30FN5O4. The van der Waals surface area contributed by atoms with Gasteiger partial charge in [-0.1, -0.05) is 32.9 Å². The summed E-state index contributed by atoms with van der Waals surface area (Å²) in [4.78, 5) is 25.8. The number of nitrogens with one attached hydrogen (secondary N) is 2. The molecule has 10 heteroatoms. The Morgan fingerprint density at radius 2 is 2.03 bits per heavy atom. The average molecular weight is 448 g/mol. The number of rotatable bonds is 10. The van der Waals surface area contributed by atoms with E-state index in [0.717, 1.165) is 0 Å². The predicted molar refractivity (Wildman–Crippen MR) is 116 cm³/mol. The highest BCUT2D eigenvalue weighted by atomic mass is 19.1. The van der Waals surface area contributed by atoms with E-state index in [1.54, 1.807) is 26.8 Å². The second-order valence-electron chi connectivity index (χ2n) is 8.68. The number of nitriles is 1. The van der Waals surface area contributed by atoms with Gasteiger partial charge in [-0.2, -0.15) is 10.4 Å². The molecule has 0 unspecified atom stereocenters. The van der Waals surface area contributed by atoms with E-state index >= 15 is 0 Å². The van der Waals surface area contributed by atoms with Crippen LogP contribution in [0.1, 0.15) is 50.5 Å². The van der Waals surface area contributed by atoms with Gasteiger partial charge in [0.15, 0.2) is 5.69 Å². The smallest absolute Gasteiger partial charge is 0.273 e. The van der Waals surface area contributed by atoms with Gasteiger partial charge < -0.3 is 20.8 Å². The molecule has 174 valence electrons. The molecule has 2 atom stereocenters. The Hall–Kier alpha value is -3.03. The summed E-state index contributed by atoms with van der Waals surface area (Å²) in [7, 11) is 0. The number of aliphatic hydroxyl groups excluding tert-OH is 2. The van der Waals surface area contributed by atoms with Crippen LogP contribution >= 0.6 is 0 Å². The van der Waals surface area contributed by atoms with E-state index in [1.165, 1.54) is 16.8 Å². The Morgan fingerprint density at radius 1 is 1.31 bits per heavy atom. The number of unbranched alkanes of at least 4 members (excludes halogenated alkanes) is 2. The first kappa shape index (κ1) is 25.2. The molecule has 0 aliphatic heterocycles. The van der Waals surface area contributed by atoms with Gasteiger partial charge in [-0.3, -0.25) is 14.3 Å². The summed E-state index contributed by atoms with van der Waals surface area (Å²) in [5.74, 6) is -1.67. The van der Waals surface area contributed by atoms with Crippen molar-refractivity contribution in [3.8, 4) is 6.07 Å². The molecule has 0 aliphatic rings. The van der Waals surface area contributed by atoms with E-state index in [-0.39, 0.29) is 17.8 Å². The van der Waals surface area contributed by atoms with Crippen LogP contribution in [0.25, 0.3) is 10.9 Å². The number of para-hydroxylation sites is 1. The molecule has 0 bridgehead atoms. The number of hydrogen-bond acceptors (Lipinski definition) is 6. The van der Waals surface area contributed by atoms with E-state index in [0.29, 0.717) is 31.2 Å². The molecule has 2 aromatic rings. The molecule has 2 amide bonds. The van der Waals surface area contributed by atoms with Gasteiger partial charge in [-0.25, -0.2) is 4.39 Å². The zero-order valence-electron chi connectivity index (χ0n) is 18.6. The van der Waals surface area contributed by atoms with Crippen molar-refractivity contribution in [1.29, 1.82) is 5.26 Å². The monoisotopic (exact) mass is 447 g/mol. The van der Waals surface area contributed by atoms with E-state index in [2.05, 4.69) is 21.8 Å². The summed E-state index contributed by atoms with van der Waals surface area (Å²) in [5, 5.41) is 36.9. The molecule has 0 spiro atoms. The third-order valence-corrected chi connectivity index (χ3v) is 4.97. The van der Waals surface area contributed by atoms with Crippen molar-refractivity contribution in [2.24, 2.45) is 5.41 Å². The van der Waals surface area contributed by atoms with E-state index in [1.807, 2.05) is 0 Å². The van der Waals surface area contributed by atoms with Gasteiger partial charge in [-0.15, -0.1) is 0 Å². The number of aromatic nitrogens is 2. The first-order valence-electron chi connectivity index (χ1n) is 10.5. The molecule has 2 rings (SSSR count). The molecule has 0 saturated heterocycles. The normalized spacial score (nSPS) is 13.4. The Morgan fingerprint density at radius 3 is 2.66 bits per heavy atom. The van der Waals surface area contributed by atoms with Crippen molar-refractivity contribution in [3.05, 3.63) is 29.7 Å². The van der Waals surface area contributed by atoms with E-state index in [9.17, 15) is 19.1 Å². The maximum atomic E-state index is 14.5. The second kappa shape index (κ2) is 11.0. The lowest BCUT2D eigenvalue weighted by atomic mass is 9.86. The number of carbonyl (C=O) groups excluding carboxylic acids is 2.